The summed E-state index contributed by atoms with van der Waals surface area (Å²) in [5.41, 5.74) is 0.805. The standard InChI is InChI=1S/C22H18FN3O3/c23-12-7-9-13(10-8-12)26-19(27)17-16-6-3-11-25(16)22(18(17)20(26)28)14-4-1-2-5-15(14)24-21(22)29/h1-2,4-5,7-10,16-18H,3,6,11H2,(H,24,29)/p+1/t16-,17-,18+,22+/m1/s1. The number of imide groups is 1. The first-order valence-corrected chi connectivity index (χ1v) is 9.95. The highest BCUT2D eigenvalue weighted by atomic mass is 19.1. The zero-order valence-electron chi connectivity index (χ0n) is 15.5. The van der Waals surface area contributed by atoms with E-state index in [-0.39, 0.29) is 23.8 Å². The van der Waals surface area contributed by atoms with Crippen LogP contribution in [0.5, 0.6) is 0 Å². The molecule has 29 heavy (non-hydrogen) atoms. The second-order valence-electron chi connectivity index (χ2n) is 8.32. The molecule has 0 aromatic heterocycles. The number of hydrogen-bond acceptors (Lipinski definition) is 3. The number of fused-ring (bicyclic) bond motifs is 7. The molecule has 1 unspecified atom stereocenters. The maximum absolute atomic E-state index is 13.6. The van der Waals surface area contributed by atoms with Gasteiger partial charge in [-0.05, 0) is 30.3 Å². The second-order valence-corrected chi connectivity index (χ2v) is 8.32. The Morgan fingerprint density at radius 3 is 2.59 bits per heavy atom. The molecule has 146 valence electrons. The minimum absolute atomic E-state index is 0.0706. The minimum atomic E-state index is -1.08. The van der Waals surface area contributed by atoms with Crippen LogP contribution in [0.2, 0.25) is 0 Å². The predicted octanol–water partition coefficient (Wildman–Crippen LogP) is 0.840. The molecule has 5 atom stereocenters. The van der Waals surface area contributed by atoms with Crippen LogP contribution >= 0.6 is 0 Å². The zero-order chi connectivity index (χ0) is 19.9. The molecule has 3 saturated heterocycles. The highest BCUT2D eigenvalue weighted by molar-refractivity contribution is 6.25. The molecule has 6 nitrogen and oxygen atoms in total. The topological polar surface area (TPSA) is 70.9 Å². The Balaban J connectivity index is 1.55. The van der Waals surface area contributed by atoms with Gasteiger partial charge in [0.1, 0.15) is 23.7 Å². The first-order valence-electron chi connectivity index (χ1n) is 9.95. The molecule has 2 N–H and O–H groups in total. The van der Waals surface area contributed by atoms with Crippen LogP contribution < -0.4 is 15.1 Å². The van der Waals surface area contributed by atoms with Crippen molar-refractivity contribution in [2.45, 2.75) is 24.4 Å². The van der Waals surface area contributed by atoms with E-state index < -0.39 is 23.2 Å². The van der Waals surface area contributed by atoms with Gasteiger partial charge >= 0.3 is 0 Å². The molecule has 2 aromatic rings. The number of anilines is 2. The normalized spacial score (nSPS) is 34.5. The van der Waals surface area contributed by atoms with Gasteiger partial charge in [0, 0.05) is 18.4 Å². The number of quaternary nitrogens is 1. The first kappa shape index (κ1) is 16.9. The van der Waals surface area contributed by atoms with E-state index in [1.807, 2.05) is 24.3 Å². The van der Waals surface area contributed by atoms with Gasteiger partial charge in [0.25, 0.3) is 5.91 Å². The number of benzene rings is 2. The lowest BCUT2D eigenvalue weighted by Gasteiger charge is -2.33. The summed E-state index contributed by atoms with van der Waals surface area (Å²) in [6.45, 7) is 0.760. The van der Waals surface area contributed by atoms with Crippen LogP contribution in [0.4, 0.5) is 15.8 Å². The van der Waals surface area contributed by atoms with E-state index >= 15 is 0 Å². The van der Waals surface area contributed by atoms with Crippen molar-refractivity contribution >= 4 is 29.1 Å². The van der Waals surface area contributed by atoms with Crippen molar-refractivity contribution in [2.24, 2.45) is 11.8 Å². The third kappa shape index (κ3) is 1.86. The van der Waals surface area contributed by atoms with Crippen molar-refractivity contribution in [3.63, 3.8) is 0 Å². The highest BCUT2D eigenvalue weighted by Gasteiger charge is 2.78. The summed E-state index contributed by atoms with van der Waals surface area (Å²) in [5.74, 6) is -2.55. The number of rotatable bonds is 1. The number of nitrogens with zero attached hydrogens (tertiary/aromatic N) is 1. The zero-order valence-corrected chi connectivity index (χ0v) is 15.5. The summed E-state index contributed by atoms with van der Waals surface area (Å²) in [5, 5.41) is 2.96. The molecule has 4 aliphatic rings. The lowest BCUT2D eigenvalue weighted by molar-refractivity contribution is -0.948. The summed E-state index contributed by atoms with van der Waals surface area (Å²) in [7, 11) is 0. The molecule has 2 aromatic carbocycles. The van der Waals surface area contributed by atoms with E-state index in [1.54, 1.807) is 0 Å². The molecule has 1 spiro atoms. The van der Waals surface area contributed by atoms with Crippen LogP contribution in [0.25, 0.3) is 0 Å². The molecule has 0 aliphatic carbocycles. The summed E-state index contributed by atoms with van der Waals surface area (Å²) in [6, 6.07) is 12.8. The SMILES string of the molecule is O=C1[C@@H]2[C@H]3CCC[NH+]3[C@]3(C(=O)Nc4ccccc43)[C@@H]2C(=O)N1c1ccc(F)cc1. The van der Waals surface area contributed by atoms with Crippen LogP contribution in [0.1, 0.15) is 18.4 Å². The largest absolute Gasteiger partial charge is 0.320 e. The van der Waals surface area contributed by atoms with Gasteiger partial charge in [-0.15, -0.1) is 0 Å². The van der Waals surface area contributed by atoms with Crippen molar-refractivity contribution in [2.75, 3.05) is 16.8 Å². The smallest absolute Gasteiger partial charge is 0.291 e. The summed E-state index contributed by atoms with van der Waals surface area (Å²) in [4.78, 5) is 42.7. The summed E-state index contributed by atoms with van der Waals surface area (Å²) < 4.78 is 13.4. The maximum atomic E-state index is 13.6. The fourth-order valence-electron chi connectivity index (χ4n) is 6.26. The van der Waals surface area contributed by atoms with E-state index in [0.717, 1.165) is 35.5 Å². The molecular formula is C22H19FN3O3+. The van der Waals surface area contributed by atoms with Gasteiger partial charge in [0.15, 0.2) is 0 Å². The van der Waals surface area contributed by atoms with E-state index in [1.165, 1.54) is 29.2 Å². The maximum Gasteiger partial charge on any atom is 0.291 e. The van der Waals surface area contributed by atoms with Crippen LogP contribution in [0, 0.1) is 17.7 Å². The van der Waals surface area contributed by atoms with Crippen molar-refractivity contribution in [1.82, 2.24) is 0 Å². The Morgan fingerprint density at radius 2 is 1.79 bits per heavy atom. The number of para-hydroxylation sites is 1. The van der Waals surface area contributed by atoms with E-state index in [2.05, 4.69) is 5.32 Å². The summed E-state index contributed by atoms with van der Waals surface area (Å²) in [6.07, 6.45) is 1.72. The highest BCUT2D eigenvalue weighted by Crippen LogP contribution is 2.52. The summed E-state index contributed by atoms with van der Waals surface area (Å²) >= 11 is 0. The van der Waals surface area contributed by atoms with Gasteiger partial charge < -0.3 is 10.2 Å². The third-order valence-electron chi connectivity index (χ3n) is 7.21. The molecule has 4 aliphatic heterocycles. The first-order chi connectivity index (χ1) is 14.0. The van der Waals surface area contributed by atoms with Gasteiger partial charge in [0.2, 0.25) is 17.4 Å². The predicted molar refractivity (Wildman–Crippen MR) is 101 cm³/mol. The van der Waals surface area contributed by atoms with Gasteiger partial charge in [-0.3, -0.25) is 14.4 Å². The number of halogens is 1. The number of carbonyl (C=O) groups excluding carboxylic acids is 3. The fraction of sp³-hybridized carbons (Fsp3) is 0.318. The second kappa shape index (κ2) is 5.51. The number of hydrogen-bond donors (Lipinski definition) is 2. The number of nitrogens with one attached hydrogen (secondary N) is 2. The Morgan fingerprint density at radius 1 is 1.03 bits per heavy atom. The molecule has 0 radical (unpaired) electrons. The van der Waals surface area contributed by atoms with E-state index in [0.29, 0.717) is 5.69 Å². The Kier molecular flexibility index (Phi) is 3.20. The van der Waals surface area contributed by atoms with E-state index in [4.69, 9.17) is 0 Å². The average Bonchev–Trinajstić information content (AvgIpc) is 3.41. The average molecular weight is 392 g/mol. The fourth-order valence-corrected chi connectivity index (χ4v) is 6.26. The Bertz CT molecular complexity index is 1080. The molecule has 7 heteroatoms. The lowest BCUT2D eigenvalue weighted by atomic mass is 9.75. The molecule has 3 fully saturated rings. The lowest BCUT2D eigenvalue weighted by Crippen LogP contribution is -3.19. The van der Waals surface area contributed by atoms with Gasteiger partial charge in [-0.1, -0.05) is 18.2 Å². The molecule has 3 amide bonds. The van der Waals surface area contributed by atoms with Crippen molar-refractivity contribution in [3.8, 4) is 0 Å². The third-order valence-corrected chi connectivity index (χ3v) is 7.21. The molecule has 0 bridgehead atoms. The number of amides is 3. The Labute approximate surface area is 166 Å². The van der Waals surface area contributed by atoms with Crippen LogP contribution in [0.15, 0.2) is 48.5 Å². The monoisotopic (exact) mass is 392 g/mol. The van der Waals surface area contributed by atoms with Gasteiger partial charge in [-0.25, -0.2) is 9.29 Å². The minimum Gasteiger partial charge on any atom is -0.320 e. The Hall–Kier alpha value is -3.06. The molecule has 4 heterocycles. The van der Waals surface area contributed by atoms with E-state index in [9.17, 15) is 18.8 Å². The van der Waals surface area contributed by atoms with Crippen molar-refractivity contribution < 1.29 is 23.7 Å². The van der Waals surface area contributed by atoms with Gasteiger partial charge in [0.05, 0.1) is 17.9 Å². The van der Waals surface area contributed by atoms with Crippen molar-refractivity contribution in [1.29, 1.82) is 0 Å². The molecular weight excluding hydrogens is 373 g/mol. The quantitative estimate of drug-likeness (QED) is 0.707. The van der Waals surface area contributed by atoms with Crippen LogP contribution in [-0.4, -0.2) is 30.3 Å². The molecule has 6 rings (SSSR count). The van der Waals surface area contributed by atoms with Crippen molar-refractivity contribution in [3.05, 3.63) is 59.9 Å². The van der Waals surface area contributed by atoms with Crippen LogP contribution in [-0.2, 0) is 19.9 Å². The number of carbonyl (C=O) groups is 3. The van der Waals surface area contributed by atoms with Crippen LogP contribution in [0.3, 0.4) is 0 Å². The van der Waals surface area contributed by atoms with Gasteiger partial charge in [-0.2, -0.15) is 0 Å². The molecule has 0 saturated carbocycles.